The molecular weight excluding hydrogens is 255 g/mol. The molecule has 2 rings (SSSR count). The Bertz CT molecular complexity index is 403. The van der Waals surface area contributed by atoms with Crippen LogP contribution in [0.3, 0.4) is 0 Å². The van der Waals surface area contributed by atoms with E-state index in [2.05, 4.69) is 22.4 Å². The molecule has 0 aliphatic heterocycles. The Morgan fingerprint density at radius 3 is 2.63 bits per heavy atom. The molecule has 3 nitrogen and oxygen atoms in total. The third kappa shape index (κ3) is 4.08. The van der Waals surface area contributed by atoms with E-state index in [4.69, 9.17) is 0 Å². The van der Waals surface area contributed by atoms with E-state index in [1.807, 2.05) is 0 Å². The second kappa shape index (κ2) is 5.75. The highest BCUT2D eigenvalue weighted by Crippen LogP contribution is 2.29. The Hall–Kier alpha value is -1.33. The van der Waals surface area contributed by atoms with Crippen molar-refractivity contribution in [1.82, 2.24) is 10.2 Å². The maximum Gasteiger partial charge on any atom is 0.435 e. The fraction of sp³-hybridized carbons (Fsp3) is 0.692. The molecule has 1 aromatic heterocycles. The summed E-state index contributed by atoms with van der Waals surface area (Å²) in [5.41, 5.74) is -0.954. The Labute approximate surface area is 110 Å². The SMILES string of the molecule is CC1CCCC(CNc2ccc(C(F)(F)F)nn2)C1. The van der Waals surface area contributed by atoms with Crippen molar-refractivity contribution in [3.8, 4) is 0 Å². The first-order chi connectivity index (χ1) is 8.95. The van der Waals surface area contributed by atoms with Gasteiger partial charge in [-0.15, -0.1) is 10.2 Å². The molecule has 0 spiro atoms. The first kappa shape index (κ1) is 14.1. The van der Waals surface area contributed by atoms with E-state index in [9.17, 15) is 13.2 Å². The van der Waals surface area contributed by atoms with Gasteiger partial charge in [0.05, 0.1) is 0 Å². The Kier molecular flexibility index (Phi) is 4.27. The minimum atomic E-state index is -4.43. The summed E-state index contributed by atoms with van der Waals surface area (Å²) in [5, 5.41) is 9.83. The van der Waals surface area contributed by atoms with E-state index in [-0.39, 0.29) is 0 Å². The van der Waals surface area contributed by atoms with Crippen LogP contribution in [0.5, 0.6) is 0 Å². The molecule has 0 saturated heterocycles. The zero-order valence-electron chi connectivity index (χ0n) is 10.9. The van der Waals surface area contributed by atoms with Gasteiger partial charge in [-0.1, -0.05) is 19.8 Å². The van der Waals surface area contributed by atoms with Crippen molar-refractivity contribution in [2.45, 2.75) is 38.8 Å². The van der Waals surface area contributed by atoms with E-state index >= 15 is 0 Å². The molecule has 0 radical (unpaired) electrons. The van der Waals surface area contributed by atoms with Gasteiger partial charge in [0.2, 0.25) is 0 Å². The lowest BCUT2D eigenvalue weighted by molar-refractivity contribution is -0.141. The number of hydrogen-bond donors (Lipinski definition) is 1. The number of nitrogens with zero attached hydrogens (tertiary/aromatic N) is 2. The number of alkyl halides is 3. The summed E-state index contributed by atoms with van der Waals surface area (Å²) in [7, 11) is 0. The van der Waals surface area contributed by atoms with E-state index in [1.165, 1.54) is 31.7 Å². The molecule has 1 aromatic rings. The van der Waals surface area contributed by atoms with Crippen LogP contribution in [0.25, 0.3) is 0 Å². The minimum Gasteiger partial charge on any atom is -0.368 e. The van der Waals surface area contributed by atoms with Crippen LogP contribution >= 0.6 is 0 Å². The van der Waals surface area contributed by atoms with Gasteiger partial charge in [-0.25, -0.2) is 0 Å². The summed E-state index contributed by atoms with van der Waals surface area (Å²) in [6.45, 7) is 2.99. The van der Waals surface area contributed by atoms with Crippen molar-refractivity contribution in [1.29, 1.82) is 0 Å². The van der Waals surface area contributed by atoms with Crippen molar-refractivity contribution in [3.05, 3.63) is 17.8 Å². The van der Waals surface area contributed by atoms with Gasteiger partial charge in [-0.3, -0.25) is 0 Å². The standard InChI is InChI=1S/C13H18F3N3/c1-9-3-2-4-10(7-9)8-17-12-6-5-11(18-19-12)13(14,15)16/h5-6,9-10H,2-4,7-8H2,1H3,(H,17,19). The first-order valence-corrected chi connectivity index (χ1v) is 6.60. The Morgan fingerprint density at radius 1 is 1.26 bits per heavy atom. The summed E-state index contributed by atoms with van der Waals surface area (Å²) in [6, 6.07) is 2.29. The number of halogens is 3. The van der Waals surface area contributed by atoms with Crippen LogP contribution in [-0.2, 0) is 6.18 Å². The summed E-state index contributed by atoms with van der Waals surface area (Å²) in [5.74, 6) is 1.72. The van der Waals surface area contributed by atoms with Gasteiger partial charge in [-0.05, 0) is 36.8 Å². The molecule has 0 aromatic carbocycles. The van der Waals surface area contributed by atoms with Crippen molar-refractivity contribution < 1.29 is 13.2 Å². The van der Waals surface area contributed by atoms with Crippen LogP contribution in [0.15, 0.2) is 12.1 Å². The molecule has 2 unspecified atom stereocenters. The molecule has 1 saturated carbocycles. The molecule has 6 heteroatoms. The smallest absolute Gasteiger partial charge is 0.368 e. The van der Waals surface area contributed by atoms with Crippen molar-refractivity contribution in [3.63, 3.8) is 0 Å². The molecule has 1 heterocycles. The largest absolute Gasteiger partial charge is 0.435 e. The van der Waals surface area contributed by atoms with Gasteiger partial charge in [0.15, 0.2) is 5.69 Å². The second-order valence-electron chi connectivity index (χ2n) is 5.32. The summed E-state index contributed by atoms with van der Waals surface area (Å²) >= 11 is 0. The zero-order chi connectivity index (χ0) is 13.9. The topological polar surface area (TPSA) is 37.8 Å². The Balaban J connectivity index is 1.86. The molecule has 1 aliphatic rings. The van der Waals surface area contributed by atoms with Gasteiger partial charge in [-0.2, -0.15) is 13.2 Å². The van der Waals surface area contributed by atoms with Crippen LogP contribution in [0.2, 0.25) is 0 Å². The molecule has 106 valence electrons. The quantitative estimate of drug-likeness (QED) is 0.911. The maximum atomic E-state index is 12.3. The highest BCUT2D eigenvalue weighted by Gasteiger charge is 2.32. The molecule has 0 bridgehead atoms. The highest BCUT2D eigenvalue weighted by molar-refractivity contribution is 5.33. The van der Waals surface area contributed by atoms with Gasteiger partial charge in [0, 0.05) is 6.54 Å². The van der Waals surface area contributed by atoms with E-state index in [0.717, 1.165) is 18.5 Å². The molecule has 2 atom stereocenters. The monoisotopic (exact) mass is 273 g/mol. The zero-order valence-corrected chi connectivity index (χ0v) is 10.9. The van der Waals surface area contributed by atoms with Crippen LogP contribution in [0.4, 0.5) is 19.0 Å². The van der Waals surface area contributed by atoms with Crippen LogP contribution < -0.4 is 5.32 Å². The third-order valence-electron chi connectivity index (χ3n) is 3.57. The second-order valence-corrected chi connectivity index (χ2v) is 5.32. The van der Waals surface area contributed by atoms with Crippen molar-refractivity contribution in [2.24, 2.45) is 11.8 Å². The third-order valence-corrected chi connectivity index (χ3v) is 3.57. The van der Waals surface area contributed by atoms with Gasteiger partial charge < -0.3 is 5.32 Å². The molecule has 1 aliphatic carbocycles. The average molecular weight is 273 g/mol. The number of nitrogens with one attached hydrogen (secondary N) is 1. The Morgan fingerprint density at radius 2 is 2.05 bits per heavy atom. The van der Waals surface area contributed by atoms with Gasteiger partial charge in [0.1, 0.15) is 5.82 Å². The molecule has 1 fully saturated rings. The predicted octanol–water partition coefficient (Wildman–Crippen LogP) is 3.73. The molecule has 19 heavy (non-hydrogen) atoms. The van der Waals surface area contributed by atoms with Gasteiger partial charge in [0.25, 0.3) is 0 Å². The summed E-state index contributed by atoms with van der Waals surface area (Å²) in [4.78, 5) is 0. The normalized spacial score (nSPS) is 24.2. The number of hydrogen-bond acceptors (Lipinski definition) is 3. The summed E-state index contributed by atoms with van der Waals surface area (Å²) < 4.78 is 36.9. The maximum absolute atomic E-state index is 12.3. The average Bonchev–Trinajstić information content (AvgIpc) is 2.36. The fourth-order valence-electron chi connectivity index (χ4n) is 2.57. The highest BCUT2D eigenvalue weighted by atomic mass is 19.4. The van der Waals surface area contributed by atoms with E-state index in [1.54, 1.807) is 0 Å². The summed E-state index contributed by atoms with van der Waals surface area (Å²) in [6.07, 6.45) is 0.416. The number of anilines is 1. The molecule has 0 amide bonds. The van der Waals surface area contributed by atoms with Crippen molar-refractivity contribution in [2.75, 3.05) is 11.9 Å². The van der Waals surface area contributed by atoms with Crippen LogP contribution in [0.1, 0.15) is 38.3 Å². The van der Waals surface area contributed by atoms with Crippen LogP contribution in [-0.4, -0.2) is 16.7 Å². The fourth-order valence-corrected chi connectivity index (χ4v) is 2.57. The van der Waals surface area contributed by atoms with Crippen LogP contribution in [0, 0.1) is 11.8 Å². The first-order valence-electron chi connectivity index (χ1n) is 6.60. The minimum absolute atomic E-state index is 0.409. The van der Waals surface area contributed by atoms with E-state index < -0.39 is 11.9 Å². The predicted molar refractivity (Wildman–Crippen MR) is 66.6 cm³/mol. The number of aromatic nitrogens is 2. The number of rotatable bonds is 3. The van der Waals surface area contributed by atoms with E-state index in [0.29, 0.717) is 11.7 Å². The molecular formula is C13H18F3N3. The van der Waals surface area contributed by atoms with Gasteiger partial charge >= 0.3 is 6.18 Å². The lowest BCUT2D eigenvalue weighted by Crippen LogP contribution is -2.21. The lowest BCUT2D eigenvalue weighted by Gasteiger charge is -2.26. The molecule has 1 N–H and O–H groups in total. The van der Waals surface area contributed by atoms with Crippen molar-refractivity contribution >= 4 is 5.82 Å². The lowest BCUT2D eigenvalue weighted by atomic mass is 9.82.